The van der Waals surface area contributed by atoms with Crippen molar-refractivity contribution in [3.05, 3.63) is 52.5 Å². The van der Waals surface area contributed by atoms with E-state index in [0.717, 1.165) is 11.5 Å². The van der Waals surface area contributed by atoms with Crippen molar-refractivity contribution in [3.63, 3.8) is 0 Å². The Morgan fingerprint density at radius 2 is 2.24 bits per heavy atom. The van der Waals surface area contributed by atoms with Crippen LogP contribution in [-0.4, -0.2) is 24.8 Å². The maximum absolute atomic E-state index is 12.9. The van der Waals surface area contributed by atoms with Crippen molar-refractivity contribution in [2.24, 2.45) is 0 Å². The largest absolute Gasteiger partial charge is 0.484 e. The van der Waals surface area contributed by atoms with Gasteiger partial charge in [0.1, 0.15) is 11.6 Å². The molecule has 0 radical (unpaired) electrons. The van der Waals surface area contributed by atoms with E-state index < -0.39 is 0 Å². The van der Waals surface area contributed by atoms with Gasteiger partial charge in [-0.15, -0.1) is 11.3 Å². The van der Waals surface area contributed by atoms with Gasteiger partial charge in [0.05, 0.1) is 0 Å². The van der Waals surface area contributed by atoms with Crippen LogP contribution in [0, 0.1) is 5.82 Å². The van der Waals surface area contributed by atoms with Crippen molar-refractivity contribution in [1.82, 2.24) is 5.32 Å². The quantitative estimate of drug-likeness (QED) is 0.757. The van der Waals surface area contributed by atoms with Crippen LogP contribution in [-0.2, 0) is 10.5 Å². The second-order valence-corrected chi connectivity index (χ2v) is 6.37. The molecule has 21 heavy (non-hydrogen) atoms. The van der Waals surface area contributed by atoms with Crippen molar-refractivity contribution in [3.8, 4) is 5.75 Å². The molecule has 2 rings (SSSR count). The lowest BCUT2D eigenvalue weighted by atomic mass is 10.3. The van der Waals surface area contributed by atoms with E-state index in [1.807, 2.05) is 6.07 Å². The van der Waals surface area contributed by atoms with E-state index in [0.29, 0.717) is 12.3 Å². The van der Waals surface area contributed by atoms with E-state index in [4.69, 9.17) is 4.74 Å². The van der Waals surface area contributed by atoms with Crippen molar-refractivity contribution in [1.29, 1.82) is 0 Å². The Morgan fingerprint density at radius 1 is 1.33 bits per heavy atom. The first kappa shape index (κ1) is 15.9. The number of hydrogen-bond donors (Lipinski definition) is 1. The minimum absolute atomic E-state index is 0.0982. The third-order valence-electron chi connectivity index (χ3n) is 2.56. The zero-order valence-corrected chi connectivity index (χ0v) is 13.0. The Balaban J connectivity index is 1.55. The van der Waals surface area contributed by atoms with Gasteiger partial charge in [-0.3, -0.25) is 4.79 Å². The fourth-order valence-electron chi connectivity index (χ4n) is 1.59. The number of thiophene rings is 1. The van der Waals surface area contributed by atoms with Crippen LogP contribution in [0.25, 0.3) is 0 Å². The summed E-state index contributed by atoms with van der Waals surface area (Å²) in [4.78, 5) is 12.9. The summed E-state index contributed by atoms with van der Waals surface area (Å²) in [5, 5.41) is 4.83. The van der Waals surface area contributed by atoms with Crippen molar-refractivity contribution in [2.75, 3.05) is 18.9 Å². The van der Waals surface area contributed by atoms with E-state index in [-0.39, 0.29) is 18.3 Å². The van der Waals surface area contributed by atoms with E-state index in [2.05, 4.69) is 16.8 Å². The van der Waals surface area contributed by atoms with E-state index in [9.17, 15) is 9.18 Å². The lowest BCUT2D eigenvalue weighted by Crippen LogP contribution is -2.30. The van der Waals surface area contributed by atoms with E-state index >= 15 is 0 Å². The molecule has 0 aliphatic heterocycles. The highest BCUT2D eigenvalue weighted by atomic mass is 32.2. The van der Waals surface area contributed by atoms with Crippen LogP contribution in [0.15, 0.2) is 41.8 Å². The van der Waals surface area contributed by atoms with Gasteiger partial charge in [0.2, 0.25) is 0 Å². The number of hydrogen-bond acceptors (Lipinski definition) is 4. The van der Waals surface area contributed by atoms with Gasteiger partial charge >= 0.3 is 0 Å². The Hall–Kier alpha value is -1.53. The molecular weight excluding hydrogens is 309 g/mol. The minimum atomic E-state index is -0.377. The van der Waals surface area contributed by atoms with Crippen LogP contribution in [0.4, 0.5) is 4.39 Å². The molecule has 0 aliphatic rings. The van der Waals surface area contributed by atoms with Crippen molar-refractivity contribution in [2.45, 2.75) is 5.75 Å². The highest BCUT2D eigenvalue weighted by Gasteiger charge is 2.03. The van der Waals surface area contributed by atoms with Crippen LogP contribution in [0.3, 0.4) is 0 Å². The number of thioether (sulfide) groups is 1. The third kappa shape index (κ3) is 6.18. The number of nitrogens with one attached hydrogen (secondary N) is 1. The second kappa shape index (κ2) is 8.69. The maximum Gasteiger partial charge on any atom is 0.257 e. The summed E-state index contributed by atoms with van der Waals surface area (Å²) in [7, 11) is 0. The Morgan fingerprint density at radius 3 is 3.00 bits per heavy atom. The monoisotopic (exact) mass is 325 g/mol. The number of rotatable bonds is 8. The number of carbonyl (C=O) groups excluding carboxylic acids is 1. The average Bonchev–Trinajstić information content (AvgIpc) is 2.98. The standard InChI is InChI=1S/C15H16FNO2S2/c16-12-3-1-4-13(9-12)19-10-15(18)17-6-8-20-11-14-5-2-7-21-14/h1-5,7,9H,6,8,10-11H2,(H,17,18). The molecule has 0 unspecified atom stereocenters. The van der Waals surface area contributed by atoms with Gasteiger partial charge in [-0.05, 0) is 23.6 Å². The summed E-state index contributed by atoms with van der Waals surface area (Å²) in [6.45, 7) is 0.500. The number of benzene rings is 1. The van der Waals surface area contributed by atoms with Gasteiger partial charge in [-0.1, -0.05) is 12.1 Å². The third-order valence-corrected chi connectivity index (χ3v) is 4.63. The molecule has 112 valence electrons. The number of amides is 1. The summed E-state index contributed by atoms with van der Waals surface area (Å²) in [5.41, 5.74) is 0. The molecule has 2 aromatic rings. The smallest absolute Gasteiger partial charge is 0.257 e. The first-order valence-corrected chi connectivity index (χ1v) is 8.52. The molecule has 6 heteroatoms. The zero-order valence-electron chi connectivity index (χ0n) is 11.4. The van der Waals surface area contributed by atoms with Gasteiger partial charge < -0.3 is 10.1 Å². The zero-order chi connectivity index (χ0) is 14.9. The summed E-state index contributed by atoms with van der Waals surface area (Å²) in [6, 6.07) is 9.88. The van der Waals surface area contributed by atoms with Crippen molar-refractivity contribution >= 4 is 29.0 Å². The van der Waals surface area contributed by atoms with Crippen LogP contribution in [0.1, 0.15) is 4.88 Å². The molecule has 0 bridgehead atoms. The maximum atomic E-state index is 12.9. The lowest BCUT2D eigenvalue weighted by Gasteiger charge is -2.07. The molecule has 1 aromatic heterocycles. The molecule has 0 spiro atoms. The summed E-state index contributed by atoms with van der Waals surface area (Å²) in [5.74, 6) is 1.60. The fourth-order valence-corrected chi connectivity index (χ4v) is 3.29. The molecule has 0 saturated carbocycles. The molecule has 1 amide bonds. The van der Waals surface area contributed by atoms with Crippen LogP contribution >= 0.6 is 23.1 Å². The highest BCUT2D eigenvalue weighted by molar-refractivity contribution is 7.98. The minimum Gasteiger partial charge on any atom is -0.484 e. The van der Waals surface area contributed by atoms with Gasteiger partial charge in [-0.25, -0.2) is 4.39 Å². The highest BCUT2D eigenvalue weighted by Crippen LogP contribution is 2.16. The van der Waals surface area contributed by atoms with Gasteiger partial charge in [0.25, 0.3) is 5.91 Å². The number of halogens is 1. The summed E-state index contributed by atoms with van der Waals surface area (Å²) < 4.78 is 18.1. The van der Waals surface area contributed by atoms with E-state index in [1.165, 1.54) is 17.0 Å². The Kier molecular flexibility index (Phi) is 6.56. The van der Waals surface area contributed by atoms with Gasteiger partial charge in [0, 0.05) is 29.0 Å². The van der Waals surface area contributed by atoms with Crippen LogP contribution < -0.4 is 10.1 Å². The first-order valence-electron chi connectivity index (χ1n) is 6.49. The summed E-state index contributed by atoms with van der Waals surface area (Å²) in [6.07, 6.45) is 0. The average molecular weight is 325 g/mol. The number of carbonyl (C=O) groups is 1. The second-order valence-electron chi connectivity index (χ2n) is 4.23. The topological polar surface area (TPSA) is 38.3 Å². The van der Waals surface area contributed by atoms with Gasteiger partial charge in [0.15, 0.2) is 6.61 Å². The molecule has 1 N–H and O–H groups in total. The number of ether oxygens (including phenoxy) is 1. The molecule has 0 aliphatic carbocycles. The fraction of sp³-hybridized carbons (Fsp3) is 0.267. The molecule has 0 saturated heterocycles. The molecule has 3 nitrogen and oxygen atoms in total. The van der Waals surface area contributed by atoms with Gasteiger partial charge in [-0.2, -0.15) is 11.8 Å². The first-order chi connectivity index (χ1) is 10.2. The molecule has 0 fully saturated rings. The Bertz CT molecular complexity index is 561. The lowest BCUT2D eigenvalue weighted by molar-refractivity contribution is -0.122. The molecular formula is C15H16FNO2S2. The molecule has 1 aromatic carbocycles. The predicted octanol–water partition coefficient (Wildman–Crippen LogP) is 3.32. The molecule has 1 heterocycles. The van der Waals surface area contributed by atoms with Crippen LogP contribution in [0.5, 0.6) is 5.75 Å². The SMILES string of the molecule is O=C(COc1cccc(F)c1)NCCSCc1cccs1. The molecule has 0 atom stereocenters. The predicted molar refractivity (Wildman–Crippen MR) is 85.4 cm³/mol. The normalized spacial score (nSPS) is 10.3. The van der Waals surface area contributed by atoms with Crippen molar-refractivity contribution < 1.29 is 13.9 Å². The van der Waals surface area contributed by atoms with E-state index in [1.54, 1.807) is 35.2 Å². The summed E-state index contributed by atoms with van der Waals surface area (Å²) >= 11 is 3.51. The van der Waals surface area contributed by atoms with Crippen LogP contribution in [0.2, 0.25) is 0 Å². The Labute approximate surface area is 131 Å².